The lowest BCUT2D eigenvalue weighted by molar-refractivity contribution is 0.0831. The quantitative estimate of drug-likeness (QED) is 0.659. The maximum atomic E-state index is 9.82. The zero-order valence-corrected chi connectivity index (χ0v) is 14.6. The minimum atomic E-state index is -0.498. The largest absolute Gasteiger partial charge is 0.491 e. The summed E-state index contributed by atoms with van der Waals surface area (Å²) in [4.78, 5) is 1.93. The molecule has 132 valence electrons. The van der Waals surface area contributed by atoms with Gasteiger partial charge in [-0.1, -0.05) is 18.2 Å². The topological polar surface area (TPSA) is 57.9 Å². The Hall–Kier alpha value is -2.50. The molecule has 0 radical (unpaired) electrons. The highest BCUT2D eigenvalue weighted by Crippen LogP contribution is 2.22. The van der Waals surface area contributed by atoms with Crippen molar-refractivity contribution in [3.8, 4) is 5.75 Å². The van der Waals surface area contributed by atoms with Crippen molar-refractivity contribution in [2.75, 3.05) is 32.6 Å². The molecule has 0 saturated carbocycles. The summed E-state index contributed by atoms with van der Waals surface area (Å²) in [5, 5.41) is 14.3. The van der Waals surface area contributed by atoms with Crippen molar-refractivity contribution in [1.29, 1.82) is 0 Å². The van der Waals surface area contributed by atoms with Gasteiger partial charge in [0, 0.05) is 29.7 Å². The van der Waals surface area contributed by atoms with Crippen LogP contribution in [0.5, 0.6) is 5.75 Å². The van der Waals surface area contributed by atoms with E-state index in [1.54, 1.807) is 6.26 Å². The SMILES string of the molecule is CN(C)CC(O)COc1ccc(NCc2coc3ccccc23)cc1. The Kier molecular flexibility index (Phi) is 5.58. The minimum absolute atomic E-state index is 0.284. The van der Waals surface area contributed by atoms with E-state index in [1.165, 1.54) is 0 Å². The number of hydrogen-bond acceptors (Lipinski definition) is 5. The third-order valence-corrected chi connectivity index (χ3v) is 3.92. The van der Waals surface area contributed by atoms with Gasteiger partial charge in [-0.15, -0.1) is 0 Å². The van der Waals surface area contributed by atoms with Crippen molar-refractivity contribution in [1.82, 2.24) is 4.90 Å². The van der Waals surface area contributed by atoms with Gasteiger partial charge in [-0.25, -0.2) is 0 Å². The number of nitrogens with zero attached hydrogens (tertiary/aromatic N) is 1. The van der Waals surface area contributed by atoms with Crippen LogP contribution >= 0.6 is 0 Å². The predicted molar refractivity (Wildman–Crippen MR) is 100 cm³/mol. The van der Waals surface area contributed by atoms with Crippen LogP contribution in [0, 0.1) is 0 Å². The van der Waals surface area contributed by atoms with Crippen LogP contribution in [-0.4, -0.2) is 43.4 Å². The van der Waals surface area contributed by atoms with Gasteiger partial charge in [-0.05, 0) is 44.4 Å². The fourth-order valence-corrected chi connectivity index (χ4v) is 2.70. The highest BCUT2D eigenvalue weighted by atomic mass is 16.5. The zero-order valence-electron chi connectivity index (χ0n) is 14.6. The van der Waals surface area contributed by atoms with E-state index in [1.807, 2.05) is 61.5 Å². The maximum Gasteiger partial charge on any atom is 0.134 e. The van der Waals surface area contributed by atoms with E-state index in [2.05, 4.69) is 11.4 Å². The van der Waals surface area contributed by atoms with Crippen LogP contribution in [0.15, 0.2) is 59.2 Å². The summed E-state index contributed by atoms with van der Waals surface area (Å²) in [5.41, 5.74) is 3.04. The average molecular weight is 340 g/mol. The van der Waals surface area contributed by atoms with E-state index >= 15 is 0 Å². The third-order valence-electron chi connectivity index (χ3n) is 3.92. The molecule has 0 aliphatic heterocycles. The van der Waals surface area contributed by atoms with Crippen LogP contribution in [-0.2, 0) is 6.54 Å². The van der Waals surface area contributed by atoms with Crippen LogP contribution in [0.3, 0.4) is 0 Å². The van der Waals surface area contributed by atoms with Gasteiger partial charge in [0.05, 0.1) is 6.26 Å². The number of aliphatic hydroxyl groups excluding tert-OH is 1. The molecular weight excluding hydrogens is 316 g/mol. The molecule has 1 atom stereocenters. The van der Waals surface area contributed by atoms with Crippen molar-refractivity contribution in [2.45, 2.75) is 12.6 Å². The molecule has 1 aromatic heterocycles. The van der Waals surface area contributed by atoms with E-state index in [-0.39, 0.29) is 6.61 Å². The summed E-state index contributed by atoms with van der Waals surface area (Å²) >= 11 is 0. The highest BCUT2D eigenvalue weighted by Gasteiger charge is 2.07. The number of likely N-dealkylation sites (N-methyl/N-ethyl adjacent to an activating group) is 1. The van der Waals surface area contributed by atoms with Crippen molar-refractivity contribution in [2.24, 2.45) is 0 Å². The second kappa shape index (κ2) is 8.05. The van der Waals surface area contributed by atoms with Crippen LogP contribution in [0.4, 0.5) is 5.69 Å². The van der Waals surface area contributed by atoms with Gasteiger partial charge in [0.1, 0.15) is 24.0 Å². The smallest absolute Gasteiger partial charge is 0.134 e. The Bertz CT molecular complexity index is 796. The fourth-order valence-electron chi connectivity index (χ4n) is 2.70. The molecule has 2 aromatic carbocycles. The number of anilines is 1. The number of rotatable bonds is 8. The Morgan fingerprint density at radius 1 is 1.12 bits per heavy atom. The number of fused-ring (bicyclic) bond motifs is 1. The van der Waals surface area contributed by atoms with Gasteiger partial charge in [0.2, 0.25) is 0 Å². The van der Waals surface area contributed by atoms with Gasteiger partial charge >= 0.3 is 0 Å². The van der Waals surface area contributed by atoms with Gasteiger partial charge in [-0.2, -0.15) is 0 Å². The number of aliphatic hydroxyl groups is 1. The molecular formula is C20H24N2O3. The first-order valence-corrected chi connectivity index (χ1v) is 8.36. The molecule has 3 aromatic rings. The van der Waals surface area contributed by atoms with Crippen LogP contribution in [0.1, 0.15) is 5.56 Å². The lowest BCUT2D eigenvalue weighted by Gasteiger charge is -2.16. The van der Waals surface area contributed by atoms with Gasteiger partial charge in [0.25, 0.3) is 0 Å². The van der Waals surface area contributed by atoms with Crippen LogP contribution in [0.2, 0.25) is 0 Å². The second-order valence-electron chi connectivity index (χ2n) is 6.36. The highest BCUT2D eigenvalue weighted by molar-refractivity contribution is 5.81. The number of ether oxygens (including phenoxy) is 1. The van der Waals surface area contributed by atoms with Crippen LogP contribution in [0.25, 0.3) is 11.0 Å². The fraction of sp³-hybridized carbons (Fsp3) is 0.300. The predicted octanol–water partition coefficient (Wildman–Crippen LogP) is 3.35. The first kappa shape index (κ1) is 17.3. The first-order chi connectivity index (χ1) is 12.1. The molecule has 0 amide bonds. The van der Waals surface area contributed by atoms with E-state index in [9.17, 15) is 5.11 Å². The van der Waals surface area contributed by atoms with Gasteiger partial charge in [0.15, 0.2) is 0 Å². The Morgan fingerprint density at radius 2 is 1.88 bits per heavy atom. The molecule has 0 spiro atoms. The van der Waals surface area contributed by atoms with E-state index in [4.69, 9.17) is 9.15 Å². The molecule has 3 rings (SSSR count). The lowest BCUT2D eigenvalue weighted by atomic mass is 10.2. The summed E-state index contributed by atoms with van der Waals surface area (Å²) in [5.74, 6) is 0.747. The number of benzene rings is 2. The van der Waals surface area contributed by atoms with E-state index in [0.29, 0.717) is 13.1 Å². The molecule has 1 unspecified atom stereocenters. The van der Waals surface area contributed by atoms with E-state index < -0.39 is 6.10 Å². The molecule has 0 aliphatic rings. The summed E-state index contributed by atoms with van der Waals surface area (Å²) in [7, 11) is 3.85. The Balaban J connectivity index is 1.52. The molecule has 5 nitrogen and oxygen atoms in total. The normalized spacial score (nSPS) is 12.5. The number of para-hydroxylation sites is 1. The average Bonchev–Trinajstić information content (AvgIpc) is 3.02. The molecule has 0 aliphatic carbocycles. The second-order valence-corrected chi connectivity index (χ2v) is 6.36. The van der Waals surface area contributed by atoms with Crippen molar-refractivity contribution in [3.63, 3.8) is 0 Å². The zero-order chi connectivity index (χ0) is 17.6. The molecule has 2 N–H and O–H groups in total. The van der Waals surface area contributed by atoms with Crippen molar-refractivity contribution >= 4 is 16.7 Å². The number of nitrogens with one attached hydrogen (secondary N) is 1. The standard InChI is InChI=1S/C20H24N2O3/c1-22(2)12-17(23)14-24-18-9-7-16(8-10-18)21-11-15-13-25-20-6-4-3-5-19(15)20/h3-10,13,17,21,23H,11-12,14H2,1-2H3. The summed E-state index contributed by atoms with van der Waals surface area (Å²) in [6.07, 6.45) is 1.29. The molecule has 0 saturated heterocycles. The summed E-state index contributed by atoms with van der Waals surface area (Å²) in [6, 6.07) is 15.7. The van der Waals surface area contributed by atoms with Gasteiger partial charge in [-0.3, -0.25) is 0 Å². The monoisotopic (exact) mass is 340 g/mol. The first-order valence-electron chi connectivity index (χ1n) is 8.36. The number of hydrogen-bond donors (Lipinski definition) is 2. The number of furan rings is 1. The third kappa shape index (κ3) is 4.75. The molecule has 0 fully saturated rings. The summed E-state index contributed by atoms with van der Waals surface area (Å²) in [6.45, 7) is 1.56. The van der Waals surface area contributed by atoms with Gasteiger partial charge < -0.3 is 24.5 Å². The van der Waals surface area contributed by atoms with E-state index in [0.717, 1.165) is 28.0 Å². The molecule has 5 heteroatoms. The minimum Gasteiger partial charge on any atom is -0.491 e. The maximum absolute atomic E-state index is 9.82. The lowest BCUT2D eigenvalue weighted by Crippen LogP contribution is -2.30. The summed E-state index contributed by atoms with van der Waals surface area (Å²) < 4.78 is 11.2. The van der Waals surface area contributed by atoms with Crippen molar-refractivity contribution in [3.05, 3.63) is 60.4 Å². The Labute approximate surface area is 147 Å². The molecule has 25 heavy (non-hydrogen) atoms. The molecule has 0 bridgehead atoms. The Morgan fingerprint density at radius 3 is 2.64 bits per heavy atom. The molecule has 1 heterocycles. The van der Waals surface area contributed by atoms with Crippen molar-refractivity contribution < 1.29 is 14.3 Å². The van der Waals surface area contributed by atoms with Crippen LogP contribution < -0.4 is 10.1 Å².